The third-order valence-electron chi connectivity index (χ3n) is 2.71. The highest BCUT2D eigenvalue weighted by Gasteiger charge is 2.20. The van der Waals surface area contributed by atoms with Crippen molar-refractivity contribution in [1.82, 2.24) is 0 Å². The van der Waals surface area contributed by atoms with Crippen LogP contribution in [0.3, 0.4) is 0 Å². The zero-order valence-electron chi connectivity index (χ0n) is 10.7. The number of aliphatic hydroxyl groups is 1. The zero-order chi connectivity index (χ0) is 13.4. The Balaban J connectivity index is 2.13. The summed E-state index contributed by atoms with van der Waals surface area (Å²) in [6.45, 7) is 2.21. The Labute approximate surface area is 107 Å². The maximum atomic E-state index is 11.3. The molecule has 0 amide bonds. The maximum Gasteiger partial charge on any atom is 0.305 e. The van der Waals surface area contributed by atoms with Gasteiger partial charge in [-0.3, -0.25) is 9.59 Å². The summed E-state index contributed by atoms with van der Waals surface area (Å²) in [7, 11) is 0. The zero-order valence-corrected chi connectivity index (χ0v) is 10.7. The van der Waals surface area contributed by atoms with Crippen LogP contribution >= 0.6 is 0 Å². The smallest absolute Gasteiger partial charge is 0.305 e. The van der Waals surface area contributed by atoms with Gasteiger partial charge in [-0.05, 0) is 37.8 Å². The molecule has 0 aliphatic heterocycles. The van der Waals surface area contributed by atoms with Crippen molar-refractivity contribution >= 4 is 11.8 Å². The molecule has 18 heavy (non-hydrogen) atoms. The number of rotatable bonds is 7. The van der Waals surface area contributed by atoms with E-state index in [2.05, 4.69) is 0 Å². The van der Waals surface area contributed by atoms with E-state index in [1.165, 1.54) is 0 Å². The quantitative estimate of drug-likeness (QED) is 0.427. The number of hydrogen-bond donors (Lipinski definition) is 1. The predicted molar refractivity (Wildman–Crippen MR) is 68.0 cm³/mol. The molecular formula is C14H20O4. The number of unbranched alkanes of at least 4 members (excludes halogenated alkanes) is 1. The standard InChI is InChI=1S/C14H20O4/c1-2-18-14(17)8-6-4-3-5-7-11-9-12(15)10-13(11)16/h3,5,9,12,15H,2,4,6-8,10H2,1H3. The lowest BCUT2D eigenvalue weighted by Crippen LogP contribution is -2.02. The fourth-order valence-corrected chi connectivity index (χ4v) is 1.81. The maximum absolute atomic E-state index is 11.3. The van der Waals surface area contributed by atoms with Crippen LogP contribution in [0.5, 0.6) is 0 Å². The summed E-state index contributed by atoms with van der Waals surface area (Å²) in [6, 6.07) is 0. The molecule has 0 aromatic carbocycles. The molecule has 0 radical (unpaired) electrons. The van der Waals surface area contributed by atoms with Crippen LogP contribution in [0.15, 0.2) is 23.8 Å². The average Bonchev–Trinajstić information content (AvgIpc) is 2.62. The van der Waals surface area contributed by atoms with Gasteiger partial charge in [-0.2, -0.15) is 0 Å². The summed E-state index contributed by atoms with van der Waals surface area (Å²) < 4.78 is 4.81. The van der Waals surface area contributed by atoms with Gasteiger partial charge in [-0.25, -0.2) is 0 Å². The van der Waals surface area contributed by atoms with Gasteiger partial charge in [0.15, 0.2) is 5.78 Å². The second-order valence-electron chi connectivity index (χ2n) is 4.26. The number of aliphatic hydroxyl groups excluding tert-OH is 1. The van der Waals surface area contributed by atoms with Gasteiger partial charge in [0, 0.05) is 12.8 Å². The van der Waals surface area contributed by atoms with Crippen LogP contribution in [-0.2, 0) is 14.3 Å². The Hall–Kier alpha value is -1.42. The van der Waals surface area contributed by atoms with Crippen molar-refractivity contribution in [2.75, 3.05) is 6.61 Å². The normalized spacial score (nSPS) is 19.3. The number of hydrogen-bond acceptors (Lipinski definition) is 4. The first-order chi connectivity index (χ1) is 8.63. The molecule has 0 aromatic rings. The Bertz CT molecular complexity index is 355. The number of ether oxygens (including phenoxy) is 1. The van der Waals surface area contributed by atoms with Crippen molar-refractivity contribution in [2.45, 2.75) is 45.1 Å². The first-order valence-corrected chi connectivity index (χ1v) is 6.36. The SMILES string of the molecule is CCOC(=O)CCCC=CCC1=CC(O)CC1=O. The molecule has 1 rings (SSSR count). The van der Waals surface area contributed by atoms with E-state index in [0.717, 1.165) is 12.8 Å². The van der Waals surface area contributed by atoms with E-state index in [1.54, 1.807) is 13.0 Å². The second kappa shape index (κ2) is 7.82. The minimum atomic E-state index is -0.607. The van der Waals surface area contributed by atoms with E-state index in [-0.39, 0.29) is 18.2 Å². The van der Waals surface area contributed by atoms with Crippen LogP contribution in [0.2, 0.25) is 0 Å². The van der Waals surface area contributed by atoms with E-state index < -0.39 is 6.10 Å². The molecule has 1 N–H and O–H groups in total. The van der Waals surface area contributed by atoms with Crippen LogP contribution < -0.4 is 0 Å². The van der Waals surface area contributed by atoms with Crippen LogP contribution in [0.25, 0.3) is 0 Å². The molecule has 1 atom stereocenters. The molecule has 0 heterocycles. The minimum Gasteiger partial charge on any atom is -0.466 e. The van der Waals surface area contributed by atoms with Crippen molar-refractivity contribution < 1.29 is 19.4 Å². The van der Waals surface area contributed by atoms with Gasteiger partial charge in [0.05, 0.1) is 12.7 Å². The molecule has 1 aliphatic rings. The average molecular weight is 252 g/mol. The minimum absolute atomic E-state index is 0.0265. The molecule has 1 aliphatic carbocycles. The Morgan fingerprint density at radius 2 is 2.33 bits per heavy atom. The Kier molecular flexibility index (Phi) is 6.36. The van der Waals surface area contributed by atoms with Crippen molar-refractivity contribution in [3.8, 4) is 0 Å². The lowest BCUT2D eigenvalue weighted by atomic mass is 10.1. The van der Waals surface area contributed by atoms with E-state index >= 15 is 0 Å². The fraction of sp³-hybridized carbons (Fsp3) is 0.571. The monoisotopic (exact) mass is 252 g/mol. The lowest BCUT2D eigenvalue weighted by molar-refractivity contribution is -0.143. The number of Topliss-reactive ketones (excluding diaryl/α,β-unsaturated/α-hetero) is 1. The van der Waals surface area contributed by atoms with Gasteiger partial charge >= 0.3 is 5.97 Å². The molecule has 0 saturated heterocycles. The number of carbonyl (C=O) groups excluding carboxylic acids is 2. The summed E-state index contributed by atoms with van der Waals surface area (Å²) in [6.07, 6.45) is 7.63. The molecule has 0 fully saturated rings. The largest absolute Gasteiger partial charge is 0.466 e. The molecule has 0 aromatic heterocycles. The molecule has 100 valence electrons. The van der Waals surface area contributed by atoms with Gasteiger partial charge in [-0.1, -0.05) is 12.2 Å². The van der Waals surface area contributed by atoms with Crippen molar-refractivity contribution in [3.63, 3.8) is 0 Å². The summed E-state index contributed by atoms with van der Waals surface area (Å²) in [5, 5.41) is 9.25. The van der Waals surface area contributed by atoms with Gasteiger partial charge < -0.3 is 9.84 Å². The Morgan fingerprint density at radius 1 is 1.56 bits per heavy atom. The van der Waals surface area contributed by atoms with E-state index in [9.17, 15) is 14.7 Å². The summed E-state index contributed by atoms with van der Waals surface area (Å²) in [4.78, 5) is 22.4. The van der Waals surface area contributed by atoms with E-state index in [0.29, 0.717) is 25.0 Å². The first-order valence-electron chi connectivity index (χ1n) is 6.36. The second-order valence-corrected chi connectivity index (χ2v) is 4.26. The van der Waals surface area contributed by atoms with E-state index in [1.807, 2.05) is 12.2 Å². The molecule has 4 nitrogen and oxygen atoms in total. The molecule has 0 bridgehead atoms. The molecule has 4 heteroatoms. The highest BCUT2D eigenvalue weighted by molar-refractivity contribution is 5.98. The van der Waals surface area contributed by atoms with Gasteiger partial charge in [-0.15, -0.1) is 0 Å². The third-order valence-corrected chi connectivity index (χ3v) is 2.71. The Morgan fingerprint density at radius 3 is 2.94 bits per heavy atom. The summed E-state index contributed by atoms with van der Waals surface area (Å²) in [5.74, 6) is -0.138. The lowest BCUT2D eigenvalue weighted by Gasteiger charge is -1.99. The number of allylic oxidation sites excluding steroid dienone is 3. The number of esters is 1. The predicted octanol–water partition coefficient (Wildman–Crippen LogP) is 1.93. The summed E-state index contributed by atoms with van der Waals surface area (Å²) >= 11 is 0. The third kappa shape index (κ3) is 5.27. The van der Waals surface area contributed by atoms with E-state index in [4.69, 9.17) is 4.74 Å². The highest BCUT2D eigenvalue weighted by Crippen LogP contribution is 2.18. The topological polar surface area (TPSA) is 63.6 Å². The molecule has 0 saturated carbocycles. The van der Waals surface area contributed by atoms with Crippen LogP contribution in [-0.4, -0.2) is 29.6 Å². The molecule has 0 spiro atoms. The number of carbonyl (C=O) groups is 2. The van der Waals surface area contributed by atoms with Gasteiger partial charge in [0.1, 0.15) is 0 Å². The fourth-order valence-electron chi connectivity index (χ4n) is 1.81. The highest BCUT2D eigenvalue weighted by atomic mass is 16.5. The molecule has 1 unspecified atom stereocenters. The van der Waals surface area contributed by atoms with Crippen LogP contribution in [0.1, 0.15) is 39.0 Å². The van der Waals surface area contributed by atoms with Crippen molar-refractivity contribution in [2.24, 2.45) is 0 Å². The van der Waals surface area contributed by atoms with Gasteiger partial charge in [0.25, 0.3) is 0 Å². The summed E-state index contributed by atoms with van der Waals surface area (Å²) in [5.41, 5.74) is 0.684. The molecular weight excluding hydrogens is 232 g/mol. The number of ketones is 1. The van der Waals surface area contributed by atoms with Crippen LogP contribution in [0.4, 0.5) is 0 Å². The van der Waals surface area contributed by atoms with Crippen molar-refractivity contribution in [3.05, 3.63) is 23.8 Å². The van der Waals surface area contributed by atoms with Gasteiger partial charge in [0.2, 0.25) is 0 Å². The van der Waals surface area contributed by atoms with Crippen LogP contribution in [0, 0.1) is 0 Å². The van der Waals surface area contributed by atoms with Crippen molar-refractivity contribution in [1.29, 1.82) is 0 Å². The first kappa shape index (κ1) is 14.6.